The minimum Gasteiger partial charge on any atom is -0.481 e. The summed E-state index contributed by atoms with van der Waals surface area (Å²) in [5.41, 5.74) is 2.03. The molecule has 1 saturated heterocycles. The van der Waals surface area contributed by atoms with Gasteiger partial charge in [-0.3, -0.25) is 4.79 Å². The van der Waals surface area contributed by atoms with Gasteiger partial charge in [-0.1, -0.05) is 18.2 Å². The molecule has 0 aliphatic carbocycles. The number of nitrogens with one attached hydrogen (secondary N) is 1. The summed E-state index contributed by atoms with van der Waals surface area (Å²) in [6, 6.07) is 7.86. The molecule has 2 heterocycles. The van der Waals surface area contributed by atoms with E-state index in [4.69, 9.17) is 9.84 Å². The van der Waals surface area contributed by atoms with Crippen LogP contribution in [-0.4, -0.2) is 34.4 Å². The third-order valence-corrected chi connectivity index (χ3v) is 3.63. The van der Waals surface area contributed by atoms with Gasteiger partial charge in [-0.25, -0.2) is 4.79 Å². The molecule has 1 unspecified atom stereocenters. The number of rotatable bonds is 5. The number of carbonyl (C=O) groups excluding carboxylic acids is 1. The average molecular weight is 288 g/mol. The molecule has 0 saturated carbocycles. The minimum atomic E-state index is -0.805. The van der Waals surface area contributed by atoms with E-state index in [-0.39, 0.29) is 18.6 Å². The number of benzene rings is 1. The molecule has 1 atom stereocenters. The van der Waals surface area contributed by atoms with Crippen molar-refractivity contribution in [1.82, 2.24) is 9.88 Å². The first-order chi connectivity index (χ1) is 10.1. The lowest BCUT2D eigenvalue weighted by Crippen LogP contribution is -2.20. The lowest BCUT2D eigenvalue weighted by atomic mass is 10.1. The van der Waals surface area contributed by atoms with Crippen LogP contribution in [0.25, 0.3) is 10.9 Å². The van der Waals surface area contributed by atoms with Crippen molar-refractivity contribution in [2.24, 2.45) is 0 Å². The average Bonchev–Trinajstić information content (AvgIpc) is 3.02. The zero-order valence-electron chi connectivity index (χ0n) is 11.4. The minimum absolute atomic E-state index is 0.105. The van der Waals surface area contributed by atoms with Crippen molar-refractivity contribution in [3.63, 3.8) is 0 Å². The van der Waals surface area contributed by atoms with Crippen LogP contribution in [0, 0.1) is 0 Å². The molecule has 6 heteroatoms. The van der Waals surface area contributed by atoms with E-state index in [1.807, 2.05) is 35.0 Å². The molecule has 1 aliphatic rings. The van der Waals surface area contributed by atoms with Crippen molar-refractivity contribution < 1.29 is 19.4 Å². The van der Waals surface area contributed by atoms with Gasteiger partial charge in [0.1, 0.15) is 6.10 Å². The quantitative estimate of drug-likeness (QED) is 0.878. The number of alkyl carbamates (subject to hydrolysis) is 1. The summed E-state index contributed by atoms with van der Waals surface area (Å²) in [7, 11) is 0. The molecule has 6 nitrogen and oxygen atoms in total. The topological polar surface area (TPSA) is 80.6 Å². The predicted octanol–water partition coefficient (Wildman–Crippen LogP) is 1.77. The summed E-state index contributed by atoms with van der Waals surface area (Å²) in [6.45, 7) is 1.06. The molecule has 0 radical (unpaired) electrons. The number of carbonyl (C=O) groups is 2. The van der Waals surface area contributed by atoms with E-state index >= 15 is 0 Å². The van der Waals surface area contributed by atoms with Gasteiger partial charge in [-0.05, 0) is 18.1 Å². The van der Waals surface area contributed by atoms with Crippen LogP contribution in [0.4, 0.5) is 4.79 Å². The number of ether oxygens (including phenoxy) is 1. The van der Waals surface area contributed by atoms with E-state index in [9.17, 15) is 9.59 Å². The molecular weight excluding hydrogens is 272 g/mol. The van der Waals surface area contributed by atoms with E-state index in [0.29, 0.717) is 19.5 Å². The molecule has 2 aromatic rings. The van der Waals surface area contributed by atoms with Crippen LogP contribution in [0.1, 0.15) is 12.0 Å². The van der Waals surface area contributed by atoms with Crippen LogP contribution in [-0.2, 0) is 22.5 Å². The molecule has 110 valence electrons. The second kappa shape index (κ2) is 5.47. The molecule has 1 amide bonds. The van der Waals surface area contributed by atoms with Crippen LogP contribution in [0.2, 0.25) is 0 Å². The number of cyclic esters (lactones) is 1. The Morgan fingerprint density at radius 3 is 2.95 bits per heavy atom. The maximum Gasteiger partial charge on any atom is 0.407 e. The number of hydrogen-bond acceptors (Lipinski definition) is 3. The Morgan fingerprint density at radius 1 is 1.43 bits per heavy atom. The van der Waals surface area contributed by atoms with Crippen molar-refractivity contribution in [2.45, 2.75) is 25.5 Å². The molecule has 3 rings (SSSR count). The van der Waals surface area contributed by atoms with E-state index < -0.39 is 5.97 Å². The number of carboxylic acid groups (broad SMARTS) is 1. The molecule has 21 heavy (non-hydrogen) atoms. The Morgan fingerprint density at radius 2 is 2.24 bits per heavy atom. The van der Waals surface area contributed by atoms with Crippen molar-refractivity contribution >= 4 is 23.0 Å². The fourth-order valence-corrected chi connectivity index (χ4v) is 2.67. The van der Waals surface area contributed by atoms with Gasteiger partial charge in [0.25, 0.3) is 0 Å². The molecule has 0 spiro atoms. The lowest BCUT2D eigenvalue weighted by Gasteiger charge is -2.10. The van der Waals surface area contributed by atoms with Gasteiger partial charge in [-0.15, -0.1) is 0 Å². The van der Waals surface area contributed by atoms with Gasteiger partial charge in [-0.2, -0.15) is 0 Å². The number of fused-ring (bicyclic) bond motifs is 1. The van der Waals surface area contributed by atoms with E-state index in [0.717, 1.165) is 16.5 Å². The third kappa shape index (κ3) is 2.84. The molecule has 0 bridgehead atoms. The summed E-state index contributed by atoms with van der Waals surface area (Å²) in [5, 5.41) is 12.5. The highest BCUT2D eigenvalue weighted by molar-refractivity contribution is 5.84. The van der Waals surface area contributed by atoms with E-state index in [1.165, 1.54) is 0 Å². The predicted molar refractivity (Wildman–Crippen MR) is 76.2 cm³/mol. The Balaban J connectivity index is 1.87. The molecule has 1 aromatic carbocycles. The second-order valence-electron chi connectivity index (χ2n) is 5.13. The first kappa shape index (κ1) is 13.5. The molecule has 1 aromatic heterocycles. The van der Waals surface area contributed by atoms with Crippen LogP contribution in [0.3, 0.4) is 0 Å². The van der Waals surface area contributed by atoms with Gasteiger partial charge in [0, 0.05) is 23.5 Å². The third-order valence-electron chi connectivity index (χ3n) is 3.63. The van der Waals surface area contributed by atoms with Crippen LogP contribution in [0.15, 0.2) is 30.5 Å². The standard InChI is InChI=1S/C15H16N2O4/c18-14(19)6-5-10-8-17(9-11-7-16-15(20)21-11)13-4-2-1-3-12(10)13/h1-4,8,11H,5-7,9H2,(H,16,20)(H,18,19). The van der Waals surface area contributed by atoms with Gasteiger partial charge in [0.05, 0.1) is 13.1 Å². The van der Waals surface area contributed by atoms with Gasteiger partial charge >= 0.3 is 12.1 Å². The number of para-hydroxylation sites is 1. The highest BCUT2D eigenvalue weighted by atomic mass is 16.6. The maximum atomic E-state index is 11.1. The smallest absolute Gasteiger partial charge is 0.407 e. The number of aryl methyl sites for hydroxylation is 1. The van der Waals surface area contributed by atoms with E-state index in [2.05, 4.69) is 5.32 Å². The van der Waals surface area contributed by atoms with Gasteiger partial charge in [0.15, 0.2) is 0 Å². The normalized spacial score (nSPS) is 17.7. The number of aromatic nitrogens is 1. The highest BCUT2D eigenvalue weighted by Crippen LogP contribution is 2.23. The summed E-state index contributed by atoms with van der Waals surface area (Å²) in [5.74, 6) is -0.805. The Bertz CT molecular complexity index is 692. The van der Waals surface area contributed by atoms with Crippen molar-refractivity contribution in [3.05, 3.63) is 36.0 Å². The maximum absolute atomic E-state index is 11.1. The number of hydrogen-bond donors (Lipinski definition) is 2. The molecule has 1 fully saturated rings. The Labute approximate surface area is 121 Å². The fraction of sp³-hybridized carbons (Fsp3) is 0.333. The van der Waals surface area contributed by atoms with E-state index in [1.54, 1.807) is 0 Å². The monoisotopic (exact) mass is 288 g/mol. The largest absolute Gasteiger partial charge is 0.481 e. The first-order valence-electron chi connectivity index (χ1n) is 6.86. The van der Waals surface area contributed by atoms with Gasteiger partial charge < -0.3 is 19.7 Å². The van der Waals surface area contributed by atoms with Crippen LogP contribution in [0.5, 0.6) is 0 Å². The van der Waals surface area contributed by atoms with Gasteiger partial charge in [0.2, 0.25) is 0 Å². The molecular formula is C15H16N2O4. The first-order valence-corrected chi connectivity index (χ1v) is 6.86. The zero-order chi connectivity index (χ0) is 14.8. The van der Waals surface area contributed by atoms with Crippen molar-refractivity contribution in [1.29, 1.82) is 0 Å². The SMILES string of the molecule is O=C(O)CCc1cn(CC2CNC(=O)O2)c2ccccc12. The molecule has 1 aliphatic heterocycles. The summed E-state index contributed by atoms with van der Waals surface area (Å²) < 4.78 is 7.18. The number of carboxylic acids is 1. The van der Waals surface area contributed by atoms with Crippen LogP contribution < -0.4 is 5.32 Å². The molecule has 2 N–H and O–H groups in total. The second-order valence-corrected chi connectivity index (χ2v) is 5.13. The number of aliphatic carboxylic acids is 1. The zero-order valence-corrected chi connectivity index (χ0v) is 11.4. The Hall–Kier alpha value is -2.50. The van der Waals surface area contributed by atoms with Crippen molar-refractivity contribution in [2.75, 3.05) is 6.54 Å². The number of nitrogens with zero attached hydrogens (tertiary/aromatic N) is 1. The van der Waals surface area contributed by atoms with Crippen LogP contribution >= 0.6 is 0 Å². The summed E-state index contributed by atoms with van der Waals surface area (Å²) >= 11 is 0. The fourth-order valence-electron chi connectivity index (χ4n) is 2.67. The summed E-state index contributed by atoms with van der Waals surface area (Å²) in [4.78, 5) is 21.8. The Kier molecular flexibility index (Phi) is 3.51. The van der Waals surface area contributed by atoms with Crippen molar-refractivity contribution in [3.8, 4) is 0 Å². The summed E-state index contributed by atoms with van der Waals surface area (Å²) in [6.07, 6.45) is 1.97. The number of amides is 1. The lowest BCUT2D eigenvalue weighted by molar-refractivity contribution is -0.136. The highest BCUT2D eigenvalue weighted by Gasteiger charge is 2.23.